The molecule has 0 unspecified atom stereocenters. The van der Waals surface area contributed by atoms with Gasteiger partial charge in [0.15, 0.2) is 0 Å². The first-order valence-electron chi connectivity index (χ1n) is 6.57. The van der Waals surface area contributed by atoms with Gasteiger partial charge in [-0.3, -0.25) is 9.59 Å². The van der Waals surface area contributed by atoms with Crippen LogP contribution in [0.5, 0.6) is 0 Å². The average Bonchev–Trinajstić information content (AvgIpc) is 2.48. The fraction of sp³-hybridized carbons (Fsp3) is 0.125. The van der Waals surface area contributed by atoms with E-state index in [1.807, 2.05) is 6.07 Å². The maximum absolute atomic E-state index is 12.4. The quantitative estimate of drug-likeness (QED) is 0.680. The number of benzene rings is 2. The van der Waals surface area contributed by atoms with Gasteiger partial charge in [-0.15, -0.1) is 0 Å². The summed E-state index contributed by atoms with van der Waals surface area (Å²) in [7, 11) is 3.31. The van der Waals surface area contributed by atoms with Crippen LogP contribution in [0.2, 0.25) is 10.0 Å². The lowest BCUT2D eigenvalue weighted by atomic mass is 10.1. The van der Waals surface area contributed by atoms with E-state index in [4.69, 9.17) is 23.2 Å². The number of amides is 2. The van der Waals surface area contributed by atoms with Gasteiger partial charge in [0.05, 0.1) is 21.8 Å². The third kappa shape index (κ3) is 4.37. The van der Waals surface area contributed by atoms with E-state index in [0.29, 0.717) is 16.3 Å². The maximum atomic E-state index is 12.4. The van der Waals surface area contributed by atoms with Crippen LogP contribution >= 0.6 is 45.8 Å². The summed E-state index contributed by atoms with van der Waals surface area (Å²) in [5.74, 6) is -0.596. The van der Waals surface area contributed by atoms with Crippen LogP contribution in [0, 0.1) is 3.57 Å². The van der Waals surface area contributed by atoms with E-state index >= 15 is 0 Å². The predicted molar refractivity (Wildman–Crippen MR) is 102 cm³/mol. The first kappa shape index (κ1) is 18.0. The van der Waals surface area contributed by atoms with E-state index in [-0.39, 0.29) is 16.5 Å². The fourth-order valence-corrected chi connectivity index (χ4v) is 2.89. The third-order valence-corrected chi connectivity index (χ3v) is 4.26. The monoisotopic (exact) mass is 462 g/mol. The van der Waals surface area contributed by atoms with E-state index in [1.54, 1.807) is 38.4 Å². The molecule has 0 aromatic heterocycles. The molecule has 0 saturated carbocycles. The number of hydrogen-bond acceptors (Lipinski definition) is 2. The zero-order valence-corrected chi connectivity index (χ0v) is 16.0. The highest BCUT2D eigenvalue weighted by molar-refractivity contribution is 14.1. The van der Waals surface area contributed by atoms with Crippen LogP contribution in [-0.2, 0) is 0 Å². The van der Waals surface area contributed by atoms with Gasteiger partial charge in [-0.1, -0.05) is 23.2 Å². The van der Waals surface area contributed by atoms with Crippen molar-refractivity contribution in [3.63, 3.8) is 0 Å². The normalized spacial score (nSPS) is 10.3. The second-order valence-electron chi connectivity index (χ2n) is 4.97. The molecule has 0 bridgehead atoms. The average molecular weight is 463 g/mol. The Morgan fingerprint density at radius 3 is 2.35 bits per heavy atom. The third-order valence-electron chi connectivity index (χ3n) is 3.04. The Morgan fingerprint density at radius 1 is 1.04 bits per heavy atom. The van der Waals surface area contributed by atoms with Crippen molar-refractivity contribution in [1.29, 1.82) is 0 Å². The molecular formula is C16H13Cl2IN2O2. The van der Waals surface area contributed by atoms with Gasteiger partial charge in [0.1, 0.15) is 0 Å². The Hall–Kier alpha value is -1.31. The molecule has 2 rings (SSSR count). The summed E-state index contributed by atoms with van der Waals surface area (Å²) >= 11 is 14.0. The Labute approximate surface area is 157 Å². The van der Waals surface area contributed by atoms with Crippen molar-refractivity contribution in [2.75, 3.05) is 19.4 Å². The zero-order valence-electron chi connectivity index (χ0n) is 12.4. The van der Waals surface area contributed by atoms with Crippen molar-refractivity contribution in [2.24, 2.45) is 0 Å². The van der Waals surface area contributed by atoms with Gasteiger partial charge in [-0.05, 0) is 59.0 Å². The second kappa shape index (κ2) is 7.51. The summed E-state index contributed by atoms with van der Waals surface area (Å²) in [5.41, 5.74) is 1.14. The highest BCUT2D eigenvalue weighted by Crippen LogP contribution is 2.24. The van der Waals surface area contributed by atoms with Gasteiger partial charge in [0, 0.05) is 22.7 Å². The fourth-order valence-electron chi connectivity index (χ4n) is 1.91. The highest BCUT2D eigenvalue weighted by Gasteiger charge is 2.17. The molecule has 2 aromatic carbocycles. The lowest BCUT2D eigenvalue weighted by molar-refractivity contribution is 0.0828. The van der Waals surface area contributed by atoms with Crippen molar-refractivity contribution in [1.82, 2.24) is 4.90 Å². The van der Waals surface area contributed by atoms with E-state index in [1.165, 1.54) is 11.0 Å². The van der Waals surface area contributed by atoms with Crippen LogP contribution in [0.4, 0.5) is 5.69 Å². The molecule has 0 spiro atoms. The van der Waals surface area contributed by atoms with Gasteiger partial charge >= 0.3 is 0 Å². The summed E-state index contributed by atoms with van der Waals surface area (Å²) < 4.78 is 0.898. The van der Waals surface area contributed by atoms with Crippen molar-refractivity contribution in [3.05, 3.63) is 61.1 Å². The maximum Gasteiger partial charge on any atom is 0.257 e. The molecule has 0 atom stereocenters. The lowest BCUT2D eigenvalue weighted by Crippen LogP contribution is -2.24. The van der Waals surface area contributed by atoms with E-state index in [2.05, 4.69) is 27.9 Å². The molecule has 23 heavy (non-hydrogen) atoms. The number of carbonyl (C=O) groups is 2. The van der Waals surface area contributed by atoms with E-state index < -0.39 is 5.91 Å². The van der Waals surface area contributed by atoms with Gasteiger partial charge in [-0.25, -0.2) is 0 Å². The van der Waals surface area contributed by atoms with Gasteiger partial charge in [0.2, 0.25) is 0 Å². The molecular weight excluding hydrogens is 450 g/mol. The van der Waals surface area contributed by atoms with Gasteiger partial charge in [0.25, 0.3) is 11.8 Å². The minimum absolute atomic E-state index is 0.194. The summed E-state index contributed by atoms with van der Waals surface area (Å²) in [6, 6.07) is 9.86. The Morgan fingerprint density at radius 2 is 1.74 bits per heavy atom. The van der Waals surface area contributed by atoms with Crippen LogP contribution in [-0.4, -0.2) is 30.8 Å². The van der Waals surface area contributed by atoms with Crippen LogP contribution in [0.3, 0.4) is 0 Å². The van der Waals surface area contributed by atoms with Crippen LogP contribution in [0.1, 0.15) is 20.7 Å². The van der Waals surface area contributed by atoms with Crippen LogP contribution < -0.4 is 5.32 Å². The highest BCUT2D eigenvalue weighted by atomic mass is 127. The number of halogens is 3. The molecule has 2 aromatic rings. The molecule has 0 saturated heterocycles. The molecule has 0 aliphatic heterocycles. The van der Waals surface area contributed by atoms with Gasteiger partial charge in [-0.2, -0.15) is 0 Å². The predicted octanol–water partition coefficient (Wildman–Crippen LogP) is 4.55. The summed E-state index contributed by atoms with van der Waals surface area (Å²) in [5, 5.41) is 3.43. The number of nitrogens with one attached hydrogen (secondary N) is 1. The molecule has 0 radical (unpaired) electrons. The molecule has 1 N–H and O–H groups in total. The SMILES string of the molecule is CN(C)C(=O)c1cc(I)ccc1NC(=O)c1ccc(Cl)cc1Cl. The summed E-state index contributed by atoms with van der Waals surface area (Å²) in [6.07, 6.45) is 0. The van der Waals surface area contributed by atoms with E-state index in [0.717, 1.165) is 3.57 Å². The number of hydrogen-bond donors (Lipinski definition) is 1. The molecule has 7 heteroatoms. The minimum Gasteiger partial charge on any atom is -0.345 e. The Balaban J connectivity index is 2.36. The Kier molecular flexibility index (Phi) is 5.89. The van der Waals surface area contributed by atoms with Crippen molar-refractivity contribution in [2.45, 2.75) is 0 Å². The van der Waals surface area contributed by atoms with Crippen molar-refractivity contribution in [3.8, 4) is 0 Å². The molecule has 120 valence electrons. The zero-order chi connectivity index (χ0) is 17.1. The Bertz CT molecular complexity index is 779. The van der Waals surface area contributed by atoms with Gasteiger partial charge < -0.3 is 10.2 Å². The molecule has 0 aliphatic carbocycles. The van der Waals surface area contributed by atoms with Crippen molar-refractivity contribution < 1.29 is 9.59 Å². The number of nitrogens with zero attached hydrogens (tertiary/aromatic N) is 1. The topological polar surface area (TPSA) is 49.4 Å². The second-order valence-corrected chi connectivity index (χ2v) is 7.06. The molecule has 4 nitrogen and oxygen atoms in total. The minimum atomic E-state index is -0.402. The summed E-state index contributed by atoms with van der Waals surface area (Å²) in [6.45, 7) is 0. The molecule has 0 heterocycles. The van der Waals surface area contributed by atoms with Crippen molar-refractivity contribution >= 4 is 63.3 Å². The number of anilines is 1. The van der Waals surface area contributed by atoms with E-state index in [9.17, 15) is 9.59 Å². The van der Waals surface area contributed by atoms with Crippen LogP contribution in [0.15, 0.2) is 36.4 Å². The standard InChI is InChI=1S/C16H13Cl2IN2O2/c1-21(2)16(23)12-8-10(19)4-6-14(12)20-15(22)11-5-3-9(17)7-13(11)18/h3-8H,1-2H3,(H,20,22). The first-order chi connectivity index (χ1) is 10.8. The molecule has 0 aliphatic rings. The molecule has 0 fully saturated rings. The number of carbonyl (C=O) groups excluding carboxylic acids is 2. The summed E-state index contributed by atoms with van der Waals surface area (Å²) in [4.78, 5) is 26.1. The lowest BCUT2D eigenvalue weighted by Gasteiger charge is -2.15. The number of rotatable bonds is 3. The van der Waals surface area contributed by atoms with Crippen LogP contribution in [0.25, 0.3) is 0 Å². The smallest absolute Gasteiger partial charge is 0.257 e. The molecule has 2 amide bonds. The largest absolute Gasteiger partial charge is 0.345 e. The first-order valence-corrected chi connectivity index (χ1v) is 8.40.